The van der Waals surface area contributed by atoms with Gasteiger partial charge in [-0.25, -0.2) is 0 Å². The molecule has 0 unspecified atom stereocenters. The van der Waals surface area contributed by atoms with E-state index in [9.17, 15) is 0 Å². The Bertz CT molecular complexity index is 3710. The molecule has 0 atom stereocenters. The molecule has 0 bridgehead atoms. The summed E-state index contributed by atoms with van der Waals surface area (Å²) in [5.41, 5.74) is 7.96. The van der Waals surface area contributed by atoms with Crippen molar-refractivity contribution in [2.24, 2.45) is 0 Å². The average molecular weight is 865 g/mol. The third kappa shape index (κ3) is 6.29. The Morgan fingerprint density at radius 3 is 0.742 bits per heavy atom. The van der Waals surface area contributed by atoms with Gasteiger partial charge in [0, 0.05) is 0 Å². The van der Waals surface area contributed by atoms with Crippen LogP contribution in [0.5, 0.6) is 0 Å². The minimum Gasteiger partial charge on any atom is -0.0616 e. The second kappa shape index (κ2) is 14.0. The summed E-state index contributed by atoms with van der Waals surface area (Å²) >= 11 is 0. The molecule has 0 aliphatic rings. The van der Waals surface area contributed by atoms with E-state index in [0.717, 1.165) is 0 Å². The average Bonchev–Trinajstić information content (AvgIpc) is 3.22. The zero-order valence-electron chi connectivity index (χ0n) is 43.4. The molecule has 10 aromatic rings. The van der Waals surface area contributed by atoms with E-state index in [-0.39, 0.29) is 32.5 Å². The van der Waals surface area contributed by atoms with Gasteiger partial charge in [-0.15, -0.1) is 0 Å². The summed E-state index contributed by atoms with van der Waals surface area (Å²) in [6.07, 6.45) is 0. The zero-order chi connectivity index (χ0) is 47.6. The number of hydrogen-bond acceptors (Lipinski definition) is 0. The first-order valence-electron chi connectivity index (χ1n) is 24.7. The molecule has 0 nitrogen and oxygen atoms in total. The van der Waals surface area contributed by atoms with Crippen molar-refractivity contribution in [2.45, 2.75) is 157 Å². The van der Waals surface area contributed by atoms with Crippen molar-refractivity contribution in [3.05, 3.63) is 143 Å². The lowest BCUT2D eigenvalue weighted by atomic mass is 9.61. The standard InChI is InChI=1S/C66H72/c1-61(2,3)46-36-35-45-51(56(46)62(4,5)6)53-49-43-33-25-21-29-39(43)37-27-19-23-31-41(37)47(49)48-42-32-24-20-28-38(42)40-30-22-26-34-44(40)50(48)54(53)55-52(45)57(63(7,8)9)59(65(13,14)15)60(66(16,17)18)58(55)64(10,11)12/h19-36H,1-18H3. The van der Waals surface area contributed by atoms with Crippen molar-refractivity contribution < 1.29 is 0 Å². The summed E-state index contributed by atoms with van der Waals surface area (Å²) in [5.74, 6) is 0. The van der Waals surface area contributed by atoms with Crippen LogP contribution in [0, 0.1) is 0 Å². The van der Waals surface area contributed by atoms with Gasteiger partial charge in [0.15, 0.2) is 0 Å². The molecule has 0 N–H and O–H groups in total. The van der Waals surface area contributed by atoms with Crippen LogP contribution in [-0.4, -0.2) is 0 Å². The number of fused-ring (bicyclic) bond motifs is 21. The van der Waals surface area contributed by atoms with Gasteiger partial charge in [0.05, 0.1) is 0 Å². The van der Waals surface area contributed by atoms with Crippen molar-refractivity contribution in [3.8, 4) is 0 Å². The third-order valence-corrected chi connectivity index (χ3v) is 14.9. The summed E-state index contributed by atoms with van der Waals surface area (Å²) in [6.45, 7) is 44.6. The summed E-state index contributed by atoms with van der Waals surface area (Å²) in [5, 5.41) is 24.6. The van der Waals surface area contributed by atoms with E-state index in [4.69, 9.17) is 0 Å². The molecule has 0 saturated carbocycles. The molecule has 66 heavy (non-hydrogen) atoms. The maximum absolute atomic E-state index is 2.58. The minimum atomic E-state index is -0.213. The predicted molar refractivity (Wildman–Crippen MR) is 296 cm³/mol. The fourth-order valence-corrected chi connectivity index (χ4v) is 12.8. The monoisotopic (exact) mass is 865 g/mol. The highest BCUT2D eigenvalue weighted by atomic mass is 14.4. The van der Waals surface area contributed by atoms with Crippen molar-refractivity contribution in [1.29, 1.82) is 0 Å². The van der Waals surface area contributed by atoms with Crippen LogP contribution in [-0.2, 0) is 32.5 Å². The number of hydrogen-bond donors (Lipinski definition) is 0. The smallest absolute Gasteiger partial charge is 0.000388 e. The Kier molecular flexibility index (Phi) is 9.44. The molecule has 0 heteroatoms. The highest BCUT2D eigenvalue weighted by molar-refractivity contribution is 6.52. The van der Waals surface area contributed by atoms with Crippen molar-refractivity contribution in [2.75, 3.05) is 0 Å². The molecular formula is C66H72. The summed E-state index contributed by atoms with van der Waals surface area (Å²) in [4.78, 5) is 0. The van der Waals surface area contributed by atoms with Gasteiger partial charge in [0.2, 0.25) is 0 Å². The molecule has 0 saturated heterocycles. The molecule has 0 heterocycles. The topological polar surface area (TPSA) is 0 Å². The fourth-order valence-electron chi connectivity index (χ4n) is 12.8. The Morgan fingerprint density at radius 2 is 0.439 bits per heavy atom. The highest BCUT2D eigenvalue weighted by Gasteiger charge is 2.41. The van der Waals surface area contributed by atoms with Crippen LogP contribution >= 0.6 is 0 Å². The molecule has 336 valence electrons. The first kappa shape index (κ1) is 44.4. The van der Waals surface area contributed by atoms with Crippen LogP contribution in [0.25, 0.3) is 97.0 Å². The van der Waals surface area contributed by atoms with Crippen LogP contribution < -0.4 is 0 Å². The fraction of sp³-hybridized carbons (Fsp3) is 0.364. The zero-order valence-corrected chi connectivity index (χ0v) is 43.4. The molecule has 10 aromatic carbocycles. The van der Waals surface area contributed by atoms with Gasteiger partial charge in [-0.1, -0.05) is 234 Å². The number of rotatable bonds is 0. The SMILES string of the molecule is CC(C)(C)c1ccc2c3c(C(C)(C)C)c(C(C)(C)C)c(C(C)(C)C)c(C(C)(C)C)c3c3c4c5ccccc5c5ccccc5c4c4c5ccccc5c5ccccc5c4c3c2c1C(C)(C)C. The quantitative estimate of drug-likeness (QED) is 0.133. The van der Waals surface area contributed by atoms with Gasteiger partial charge < -0.3 is 0 Å². The van der Waals surface area contributed by atoms with E-state index < -0.39 is 0 Å². The van der Waals surface area contributed by atoms with Gasteiger partial charge in [-0.05, 0) is 163 Å². The molecule has 0 fully saturated rings. The van der Waals surface area contributed by atoms with E-state index in [0.29, 0.717) is 0 Å². The Hall–Kier alpha value is -5.46. The van der Waals surface area contributed by atoms with Gasteiger partial charge in [-0.3, -0.25) is 0 Å². The molecule has 0 spiro atoms. The first-order chi connectivity index (χ1) is 30.6. The second-order valence-electron chi connectivity index (χ2n) is 26.1. The molecular weight excluding hydrogens is 793 g/mol. The molecule has 0 amide bonds. The van der Waals surface area contributed by atoms with Gasteiger partial charge in [0.25, 0.3) is 0 Å². The minimum absolute atomic E-state index is 0.0987. The van der Waals surface area contributed by atoms with Crippen LogP contribution in [0.15, 0.2) is 109 Å². The predicted octanol–water partition coefficient (Wildman–Crippen LogP) is 19.9. The van der Waals surface area contributed by atoms with E-state index in [2.05, 4.69) is 234 Å². The van der Waals surface area contributed by atoms with Crippen LogP contribution in [0.1, 0.15) is 158 Å². The Morgan fingerprint density at radius 1 is 0.182 bits per heavy atom. The Labute approximate surface area is 394 Å². The molecule has 0 aromatic heterocycles. The lowest BCUT2D eigenvalue weighted by Gasteiger charge is -2.43. The van der Waals surface area contributed by atoms with Crippen molar-refractivity contribution in [3.63, 3.8) is 0 Å². The van der Waals surface area contributed by atoms with Crippen molar-refractivity contribution in [1.82, 2.24) is 0 Å². The van der Waals surface area contributed by atoms with Gasteiger partial charge in [0.1, 0.15) is 0 Å². The molecule has 0 aliphatic heterocycles. The lowest BCUT2D eigenvalue weighted by Crippen LogP contribution is -2.33. The molecule has 0 aliphatic carbocycles. The van der Waals surface area contributed by atoms with Crippen LogP contribution in [0.3, 0.4) is 0 Å². The molecule has 0 radical (unpaired) electrons. The summed E-state index contributed by atoms with van der Waals surface area (Å²) in [7, 11) is 0. The summed E-state index contributed by atoms with van der Waals surface area (Å²) in [6, 6.07) is 42.4. The van der Waals surface area contributed by atoms with Crippen LogP contribution in [0.2, 0.25) is 0 Å². The Balaban J connectivity index is 1.84. The molecule has 10 rings (SSSR count). The maximum atomic E-state index is 2.58. The van der Waals surface area contributed by atoms with Gasteiger partial charge in [-0.2, -0.15) is 0 Å². The van der Waals surface area contributed by atoms with Crippen LogP contribution in [0.4, 0.5) is 0 Å². The normalized spacial score (nSPS) is 13.9. The second-order valence-corrected chi connectivity index (χ2v) is 26.1. The van der Waals surface area contributed by atoms with E-state index in [1.165, 1.54) is 130 Å². The lowest BCUT2D eigenvalue weighted by molar-refractivity contribution is 0.482. The van der Waals surface area contributed by atoms with E-state index in [1.807, 2.05) is 0 Å². The third-order valence-electron chi connectivity index (χ3n) is 14.9. The first-order valence-corrected chi connectivity index (χ1v) is 24.7. The van der Waals surface area contributed by atoms with E-state index in [1.54, 1.807) is 0 Å². The number of benzene rings is 10. The van der Waals surface area contributed by atoms with E-state index >= 15 is 0 Å². The van der Waals surface area contributed by atoms with Crippen molar-refractivity contribution >= 4 is 97.0 Å². The van der Waals surface area contributed by atoms with Gasteiger partial charge >= 0.3 is 0 Å². The summed E-state index contributed by atoms with van der Waals surface area (Å²) < 4.78 is 0. The largest absolute Gasteiger partial charge is 0.0616 e. The highest BCUT2D eigenvalue weighted by Crippen LogP contribution is 2.59. The maximum Gasteiger partial charge on any atom is -0.000388 e.